The maximum absolute atomic E-state index is 4.47. The second-order valence-corrected chi connectivity index (χ2v) is 5.34. The number of unbranched alkanes of at least 4 members (excludes halogenated alkanes) is 1. The first-order valence-electron chi connectivity index (χ1n) is 5.67. The molecule has 0 aromatic carbocycles. The highest BCUT2D eigenvalue weighted by Crippen LogP contribution is 2.21. The minimum Gasteiger partial charge on any atom is -0.311 e. The van der Waals surface area contributed by atoms with Crippen LogP contribution in [0.1, 0.15) is 31.2 Å². The van der Waals surface area contributed by atoms with Crippen LogP contribution < -0.4 is 5.32 Å². The summed E-state index contributed by atoms with van der Waals surface area (Å²) in [7, 11) is 2.00. The lowest BCUT2D eigenvalue weighted by atomic mass is 10.3. The Morgan fingerprint density at radius 3 is 2.69 bits per heavy atom. The van der Waals surface area contributed by atoms with Gasteiger partial charge in [0.05, 0.1) is 15.9 Å². The minimum absolute atomic E-state index is 0.881. The Morgan fingerprint density at radius 2 is 2.12 bits per heavy atom. The first-order valence-corrected chi connectivity index (χ1v) is 7.59. The lowest BCUT2D eigenvalue weighted by Crippen LogP contribution is -2.17. The topological polar surface area (TPSA) is 29.9 Å². The molecule has 0 spiro atoms. The van der Waals surface area contributed by atoms with Crippen LogP contribution in [0.2, 0.25) is 0 Å². The second-order valence-electron chi connectivity index (χ2n) is 3.76. The Kier molecular flexibility index (Phi) is 6.61. The molecule has 0 fully saturated rings. The summed E-state index contributed by atoms with van der Waals surface area (Å²) in [5.74, 6) is 0. The van der Waals surface area contributed by atoms with E-state index in [9.17, 15) is 0 Å². The van der Waals surface area contributed by atoms with Gasteiger partial charge in [-0.05, 0) is 41.7 Å². The average Bonchev–Trinajstić information content (AvgIpc) is 2.55. The molecule has 0 aliphatic heterocycles. The van der Waals surface area contributed by atoms with Crippen LogP contribution in [-0.4, -0.2) is 21.7 Å². The van der Waals surface area contributed by atoms with E-state index in [0.717, 1.165) is 35.0 Å². The number of halogens is 2. The summed E-state index contributed by atoms with van der Waals surface area (Å²) in [5.41, 5.74) is 2.37. The van der Waals surface area contributed by atoms with Crippen LogP contribution in [0.3, 0.4) is 0 Å². The zero-order valence-electron chi connectivity index (χ0n) is 9.89. The summed E-state index contributed by atoms with van der Waals surface area (Å²) in [4.78, 5) is 0. The van der Waals surface area contributed by atoms with Gasteiger partial charge in [0.15, 0.2) is 0 Å². The van der Waals surface area contributed by atoms with E-state index in [-0.39, 0.29) is 0 Å². The molecule has 0 amide bonds. The largest absolute Gasteiger partial charge is 0.311 e. The summed E-state index contributed by atoms with van der Waals surface area (Å²) < 4.78 is 3.12. The first-order chi connectivity index (χ1) is 7.70. The number of nitrogens with one attached hydrogen (secondary N) is 1. The van der Waals surface area contributed by atoms with E-state index in [1.54, 1.807) is 0 Å². The van der Waals surface area contributed by atoms with Crippen LogP contribution in [-0.2, 0) is 20.0 Å². The van der Waals surface area contributed by atoms with Gasteiger partial charge < -0.3 is 5.32 Å². The Balaban J connectivity index is 2.44. The second kappa shape index (κ2) is 7.45. The molecule has 0 radical (unpaired) electrons. The molecule has 0 bridgehead atoms. The van der Waals surface area contributed by atoms with Crippen molar-refractivity contribution in [2.24, 2.45) is 7.05 Å². The monoisotopic (exact) mass is 351 g/mol. The molecule has 1 rings (SSSR count). The van der Waals surface area contributed by atoms with Gasteiger partial charge in [-0.3, -0.25) is 4.68 Å². The van der Waals surface area contributed by atoms with E-state index in [2.05, 4.69) is 49.2 Å². The van der Waals surface area contributed by atoms with Gasteiger partial charge in [-0.15, -0.1) is 0 Å². The van der Waals surface area contributed by atoms with Crippen molar-refractivity contribution in [1.82, 2.24) is 15.1 Å². The lowest BCUT2D eigenvalue weighted by Gasteiger charge is -2.05. The molecule has 1 heterocycles. The van der Waals surface area contributed by atoms with E-state index in [0.29, 0.717) is 0 Å². The summed E-state index contributed by atoms with van der Waals surface area (Å²) in [6.45, 7) is 4.07. The molecule has 0 aliphatic rings. The van der Waals surface area contributed by atoms with Crippen molar-refractivity contribution in [2.45, 2.75) is 32.7 Å². The Labute approximate surface area is 114 Å². The quantitative estimate of drug-likeness (QED) is 0.603. The molecule has 0 saturated carbocycles. The van der Waals surface area contributed by atoms with Crippen molar-refractivity contribution in [3.05, 3.63) is 15.9 Å². The third kappa shape index (κ3) is 3.86. The molecule has 0 atom stereocenters. The smallest absolute Gasteiger partial charge is 0.0767 e. The van der Waals surface area contributed by atoms with Gasteiger partial charge in [0.1, 0.15) is 0 Å². The number of aryl methyl sites for hydroxylation is 2. The normalized spacial score (nSPS) is 11.0. The molecule has 0 unspecified atom stereocenters. The molecular weight excluding hydrogens is 334 g/mol. The number of alkyl halides is 1. The summed E-state index contributed by atoms with van der Waals surface area (Å²) in [6, 6.07) is 0. The third-order valence-electron chi connectivity index (χ3n) is 2.53. The standard InChI is InChI=1S/C11H19Br2N3/c1-3-9-11(13)10(16(2)15-9)8-14-7-5-4-6-12/h14H,3-8H2,1-2H3. The molecule has 16 heavy (non-hydrogen) atoms. The Morgan fingerprint density at radius 1 is 1.38 bits per heavy atom. The number of aromatic nitrogens is 2. The van der Waals surface area contributed by atoms with Crippen LogP contribution in [0.25, 0.3) is 0 Å². The van der Waals surface area contributed by atoms with Crippen LogP contribution in [0.15, 0.2) is 4.47 Å². The zero-order chi connectivity index (χ0) is 12.0. The predicted molar refractivity (Wildman–Crippen MR) is 75.0 cm³/mol. The molecule has 0 saturated heterocycles. The van der Waals surface area contributed by atoms with Crippen LogP contribution in [0, 0.1) is 0 Å². The number of hydrogen-bond acceptors (Lipinski definition) is 2. The average molecular weight is 353 g/mol. The van der Waals surface area contributed by atoms with Crippen LogP contribution in [0.4, 0.5) is 0 Å². The van der Waals surface area contributed by atoms with Crippen molar-refractivity contribution in [2.75, 3.05) is 11.9 Å². The molecule has 1 aromatic rings. The van der Waals surface area contributed by atoms with Crippen molar-refractivity contribution in [3.63, 3.8) is 0 Å². The lowest BCUT2D eigenvalue weighted by molar-refractivity contribution is 0.602. The van der Waals surface area contributed by atoms with Gasteiger partial charge in [0.2, 0.25) is 0 Å². The number of hydrogen-bond donors (Lipinski definition) is 1. The molecule has 1 aromatic heterocycles. The van der Waals surface area contributed by atoms with Gasteiger partial charge in [-0.25, -0.2) is 0 Å². The highest BCUT2D eigenvalue weighted by atomic mass is 79.9. The van der Waals surface area contributed by atoms with Crippen LogP contribution >= 0.6 is 31.9 Å². The van der Waals surface area contributed by atoms with E-state index in [4.69, 9.17) is 0 Å². The van der Waals surface area contributed by atoms with Crippen molar-refractivity contribution >= 4 is 31.9 Å². The van der Waals surface area contributed by atoms with Crippen molar-refractivity contribution in [1.29, 1.82) is 0 Å². The van der Waals surface area contributed by atoms with E-state index >= 15 is 0 Å². The minimum atomic E-state index is 0.881. The molecule has 1 N–H and O–H groups in total. The van der Waals surface area contributed by atoms with Crippen molar-refractivity contribution < 1.29 is 0 Å². The van der Waals surface area contributed by atoms with Gasteiger partial charge in [-0.2, -0.15) is 5.10 Å². The summed E-state index contributed by atoms with van der Waals surface area (Å²) in [5, 5.41) is 9.00. The van der Waals surface area contributed by atoms with Crippen molar-refractivity contribution in [3.8, 4) is 0 Å². The van der Waals surface area contributed by atoms with Gasteiger partial charge >= 0.3 is 0 Å². The Bertz CT molecular complexity index is 323. The first kappa shape index (κ1) is 14.2. The molecular formula is C11H19Br2N3. The Hall–Kier alpha value is 0.130. The zero-order valence-corrected chi connectivity index (χ0v) is 13.1. The fourth-order valence-corrected chi connectivity index (χ4v) is 2.72. The fourth-order valence-electron chi connectivity index (χ4n) is 1.56. The maximum atomic E-state index is 4.47. The number of nitrogens with zero attached hydrogens (tertiary/aromatic N) is 2. The molecule has 92 valence electrons. The van der Waals surface area contributed by atoms with Gasteiger partial charge in [0, 0.05) is 18.9 Å². The molecule has 5 heteroatoms. The molecule has 0 aliphatic carbocycles. The number of rotatable bonds is 7. The third-order valence-corrected chi connectivity index (χ3v) is 4.01. The van der Waals surface area contributed by atoms with Crippen LogP contribution in [0.5, 0.6) is 0 Å². The highest BCUT2D eigenvalue weighted by molar-refractivity contribution is 9.10. The maximum Gasteiger partial charge on any atom is 0.0767 e. The highest BCUT2D eigenvalue weighted by Gasteiger charge is 2.11. The van der Waals surface area contributed by atoms with E-state index < -0.39 is 0 Å². The van der Waals surface area contributed by atoms with E-state index in [1.807, 2.05) is 11.7 Å². The SMILES string of the molecule is CCc1nn(C)c(CNCCCCBr)c1Br. The summed E-state index contributed by atoms with van der Waals surface area (Å²) >= 11 is 7.05. The van der Waals surface area contributed by atoms with Gasteiger partial charge in [0.25, 0.3) is 0 Å². The fraction of sp³-hybridized carbons (Fsp3) is 0.727. The summed E-state index contributed by atoms with van der Waals surface area (Å²) in [6.07, 6.45) is 3.40. The molecule has 3 nitrogen and oxygen atoms in total. The predicted octanol–water partition coefficient (Wildman–Crippen LogP) is 3.01. The van der Waals surface area contributed by atoms with E-state index in [1.165, 1.54) is 18.5 Å². The van der Waals surface area contributed by atoms with Gasteiger partial charge in [-0.1, -0.05) is 22.9 Å².